The highest BCUT2D eigenvalue weighted by Crippen LogP contribution is 2.33. The van der Waals surface area contributed by atoms with E-state index in [9.17, 15) is 10.1 Å². The Morgan fingerprint density at radius 3 is 2.83 bits per heavy atom. The molecule has 0 unspecified atom stereocenters. The molecule has 0 radical (unpaired) electrons. The molecule has 2 rings (SSSR count). The van der Waals surface area contributed by atoms with Crippen molar-refractivity contribution in [2.75, 3.05) is 5.73 Å². The van der Waals surface area contributed by atoms with Crippen LogP contribution in [0.15, 0.2) is 46.5 Å². The average Bonchev–Trinajstić information content (AvgIpc) is 2.31. The van der Waals surface area contributed by atoms with Crippen LogP contribution in [-0.2, 0) is 0 Å². The maximum Gasteiger partial charge on any atom is 0.301 e. The van der Waals surface area contributed by atoms with E-state index in [-0.39, 0.29) is 5.69 Å². The smallest absolute Gasteiger partial charge is 0.301 e. The van der Waals surface area contributed by atoms with Crippen LogP contribution in [0.5, 0.6) is 0 Å². The molecule has 0 bridgehead atoms. The van der Waals surface area contributed by atoms with E-state index in [1.807, 2.05) is 6.07 Å². The molecule has 1 aromatic carbocycles. The van der Waals surface area contributed by atoms with Crippen LogP contribution in [0.25, 0.3) is 0 Å². The number of aromatic nitrogens is 1. The van der Waals surface area contributed by atoms with E-state index in [1.165, 1.54) is 17.8 Å². The molecule has 92 valence electrons. The zero-order valence-electron chi connectivity index (χ0n) is 9.66. The van der Waals surface area contributed by atoms with Crippen LogP contribution >= 0.6 is 11.8 Å². The Balaban J connectivity index is 2.37. The van der Waals surface area contributed by atoms with Gasteiger partial charge in [-0.25, -0.2) is 4.98 Å². The predicted octanol–water partition coefficient (Wildman–Crippen LogP) is 3.03. The lowest BCUT2D eigenvalue weighted by Crippen LogP contribution is -1.94. The summed E-state index contributed by atoms with van der Waals surface area (Å²) in [7, 11) is 0. The second-order valence-corrected chi connectivity index (χ2v) is 4.83. The van der Waals surface area contributed by atoms with E-state index >= 15 is 0 Å². The van der Waals surface area contributed by atoms with E-state index in [0.717, 1.165) is 10.5 Å². The number of pyridine rings is 1. The molecule has 0 saturated carbocycles. The Morgan fingerprint density at radius 2 is 2.17 bits per heavy atom. The van der Waals surface area contributed by atoms with Crippen LogP contribution in [0.3, 0.4) is 0 Å². The lowest BCUT2D eigenvalue weighted by atomic mass is 10.3. The minimum absolute atomic E-state index is 0.0161. The van der Waals surface area contributed by atoms with Gasteiger partial charge in [-0.3, -0.25) is 10.1 Å². The third-order valence-corrected chi connectivity index (χ3v) is 3.24. The maximum absolute atomic E-state index is 11.0. The van der Waals surface area contributed by atoms with Gasteiger partial charge in [0.1, 0.15) is 0 Å². The molecule has 5 nitrogen and oxygen atoms in total. The Morgan fingerprint density at radius 1 is 1.39 bits per heavy atom. The van der Waals surface area contributed by atoms with Crippen LogP contribution in [0.4, 0.5) is 11.4 Å². The van der Waals surface area contributed by atoms with Crippen molar-refractivity contribution < 1.29 is 4.92 Å². The van der Waals surface area contributed by atoms with Crippen molar-refractivity contribution >= 4 is 23.1 Å². The van der Waals surface area contributed by atoms with Gasteiger partial charge in [0, 0.05) is 22.8 Å². The van der Waals surface area contributed by atoms with Gasteiger partial charge in [-0.05, 0) is 30.7 Å². The molecule has 0 saturated heterocycles. The van der Waals surface area contributed by atoms with Crippen LogP contribution in [-0.4, -0.2) is 9.91 Å². The van der Waals surface area contributed by atoms with Gasteiger partial charge in [-0.15, -0.1) is 0 Å². The molecule has 0 amide bonds. The molecule has 1 heterocycles. The first-order chi connectivity index (χ1) is 8.56. The minimum Gasteiger partial charge on any atom is -0.399 e. The van der Waals surface area contributed by atoms with E-state index in [2.05, 4.69) is 4.98 Å². The largest absolute Gasteiger partial charge is 0.399 e. The van der Waals surface area contributed by atoms with Crippen molar-refractivity contribution in [3.8, 4) is 0 Å². The first-order valence-corrected chi connectivity index (χ1v) is 6.02. The average molecular weight is 261 g/mol. The van der Waals surface area contributed by atoms with E-state index < -0.39 is 4.92 Å². The molecule has 0 spiro atoms. The summed E-state index contributed by atoms with van der Waals surface area (Å²) in [6.07, 6.45) is 1.61. The fourth-order valence-electron chi connectivity index (χ4n) is 1.44. The summed E-state index contributed by atoms with van der Waals surface area (Å²) in [4.78, 5) is 15.5. The predicted molar refractivity (Wildman–Crippen MR) is 70.6 cm³/mol. The van der Waals surface area contributed by atoms with Gasteiger partial charge in [0.05, 0.1) is 4.92 Å². The van der Waals surface area contributed by atoms with E-state index in [1.54, 1.807) is 31.3 Å². The molecule has 0 aliphatic carbocycles. The highest BCUT2D eigenvalue weighted by atomic mass is 32.2. The number of nitrogen functional groups attached to an aromatic ring is 1. The molecule has 18 heavy (non-hydrogen) atoms. The van der Waals surface area contributed by atoms with Gasteiger partial charge >= 0.3 is 5.69 Å². The van der Waals surface area contributed by atoms with Gasteiger partial charge in [0.25, 0.3) is 0 Å². The molecule has 2 aromatic rings. The van der Waals surface area contributed by atoms with Crippen LogP contribution < -0.4 is 5.73 Å². The molecule has 0 aliphatic heterocycles. The topological polar surface area (TPSA) is 82.0 Å². The van der Waals surface area contributed by atoms with Gasteiger partial charge in [0.15, 0.2) is 5.03 Å². The molecular formula is C12H11N3O2S. The molecule has 2 N–H and O–H groups in total. The van der Waals surface area contributed by atoms with Crippen LogP contribution in [0, 0.1) is 17.0 Å². The maximum atomic E-state index is 11.0. The number of anilines is 1. The highest BCUT2D eigenvalue weighted by molar-refractivity contribution is 7.99. The van der Waals surface area contributed by atoms with Crippen molar-refractivity contribution in [2.24, 2.45) is 0 Å². The van der Waals surface area contributed by atoms with Crippen molar-refractivity contribution in [1.82, 2.24) is 4.98 Å². The van der Waals surface area contributed by atoms with Crippen molar-refractivity contribution in [1.29, 1.82) is 0 Å². The molecule has 1 aromatic heterocycles. The molecule has 0 fully saturated rings. The fraction of sp³-hybridized carbons (Fsp3) is 0.0833. The number of nitro groups is 1. The Hall–Kier alpha value is -2.08. The second kappa shape index (κ2) is 5.05. The number of nitrogens with zero attached hydrogens (tertiary/aromatic N) is 2. The van der Waals surface area contributed by atoms with Gasteiger partial charge in [-0.1, -0.05) is 17.8 Å². The Kier molecular flexibility index (Phi) is 3.47. The third-order valence-electron chi connectivity index (χ3n) is 2.24. The summed E-state index contributed by atoms with van der Waals surface area (Å²) in [5, 5.41) is 11.3. The fourth-order valence-corrected chi connectivity index (χ4v) is 2.35. The molecular weight excluding hydrogens is 250 g/mol. The lowest BCUT2D eigenvalue weighted by Gasteiger charge is -2.03. The number of rotatable bonds is 3. The van der Waals surface area contributed by atoms with Crippen molar-refractivity contribution in [3.63, 3.8) is 0 Å². The van der Waals surface area contributed by atoms with E-state index in [4.69, 9.17) is 5.73 Å². The Bertz CT molecular complexity index is 602. The van der Waals surface area contributed by atoms with Gasteiger partial charge in [-0.2, -0.15) is 0 Å². The minimum atomic E-state index is -0.422. The molecule has 0 atom stereocenters. The monoisotopic (exact) mass is 261 g/mol. The molecule has 0 aliphatic rings. The van der Waals surface area contributed by atoms with Crippen molar-refractivity contribution in [2.45, 2.75) is 16.8 Å². The summed E-state index contributed by atoms with van der Waals surface area (Å²) >= 11 is 1.23. The first kappa shape index (κ1) is 12.4. The standard InChI is InChI=1S/C12H11N3O2S/c1-8-5-11(15(16)17)12(14-7-8)18-10-4-2-3-9(13)6-10/h2-7H,13H2,1H3. The zero-order chi connectivity index (χ0) is 13.1. The third kappa shape index (κ3) is 2.78. The van der Waals surface area contributed by atoms with Crippen molar-refractivity contribution in [3.05, 3.63) is 52.2 Å². The number of nitrogens with two attached hydrogens (primary N) is 1. The summed E-state index contributed by atoms with van der Waals surface area (Å²) in [6.45, 7) is 1.77. The zero-order valence-corrected chi connectivity index (χ0v) is 10.5. The number of hydrogen-bond donors (Lipinski definition) is 1. The lowest BCUT2D eigenvalue weighted by molar-refractivity contribution is -0.388. The summed E-state index contributed by atoms with van der Waals surface area (Å²) in [5.41, 5.74) is 7.07. The SMILES string of the molecule is Cc1cnc(Sc2cccc(N)c2)c([N+](=O)[O-])c1. The summed E-state index contributed by atoms with van der Waals surface area (Å²) < 4.78 is 0. The highest BCUT2D eigenvalue weighted by Gasteiger charge is 2.16. The van der Waals surface area contributed by atoms with Gasteiger partial charge < -0.3 is 5.73 Å². The first-order valence-electron chi connectivity index (χ1n) is 5.20. The van der Waals surface area contributed by atoms with Crippen LogP contribution in [0.2, 0.25) is 0 Å². The number of aryl methyl sites for hydroxylation is 1. The molecule has 6 heteroatoms. The second-order valence-electron chi connectivity index (χ2n) is 3.77. The Labute approximate surface area is 108 Å². The normalized spacial score (nSPS) is 10.3. The number of benzene rings is 1. The summed E-state index contributed by atoms with van der Waals surface area (Å²) in [6, 6.07) is 8.68. The van der Waals surface area contributed by atoms with E-state index in [0.29, 0.717) is 10.7 Å². The quantitative estimate of drug-likeness (QED) is 0.521. The van der Waals surface area contributed by atoms with Crippen LogP contribution in [0.1, 0.15) is 5.56 Å². The number of hydrogen-bond acceptors (Lipinski definition) is 5. The van der Waals surface area contributed by atoms with Gasteiger partial charge in [0.2, 0.25) is 0 Å². The summed E-state index contributed by atoms with van der Waals surface area (Å²) in [5.74, 6) is 0.